The summed E-state index contributed by atoms with van der Waals surface area (Å²) in [7, 11) is 0. The average Bonchev–Trinajstić information content (AvgIpc) is 2.87. The molecule has 216 valence electrons. The van der Waals surface area contributed by atoms with Crippen molar-refractivity contribution in [2.45, 2.75) is 99.0 Å². The second kappa shape index (κ2) is 12.8. The molecule has 0 spiro atoms. The van der Waals surface area contributed by atoms with Crippen molar-refractivity contribution in [2.24, 2.45) is 0 Å². The SMILES string of the molecule is CC(=O)N[C@@H]1[C@@H](O[C@@H]2O[C@H](CO)[C@@H](O)[C@H](O)[C@H]2O)[C@@H](O[C@H]2O[C@H](CO)[C@@H](O)[C@H](O)[C@H]2O)[C@@H](CO)O[C@@H]1O. The first kappa shape index (κ1) is 30.4. The quantitative estimate of drug-likeness (QED) is 0.135. The molecule has 11 N–H and O–H groups in total. The van der Waals surface area contributed by atoms with Crippen LogP contribution < -0.4 is 5.32 Å². The Morgan fingerprint density at radius 3 is 1.49 bits per heavy atom. The minimum Gasteiger partial charge on any atom is -0.394 e. The number of amides is 1. The summed E-state index contributed by atoms with van der Waals surface area (Å²) in [5.41, 5.74) is 0. The Labute approximate surface area is 210 Å². The second-order valence-corrected chi connectivity index (χ2v) is 9.07. The maximum absolute atomic E-state index is 11.9. The number of hydrogen-bond donors (Lipinski definition) is 11. The fraction of sp³-hybridized carbons (Fsp3) is 0.950. The molecule has 3 rings (SSSR count). The summed E-state index contributed by atoms with van der Waals surface area (Å²) in [6.07, 6.45) is -23.5. The third-order valence-electron chi connectivity index (χ3n) is 6.49. The molecule has 3 aliphatic rings. The van der Waals surface area contributed by atoms with Gasteiger partial charge in [-0.1, -0.05) is 0 Å². The van der Waals surface area contributed by atoms with Crippen LogP contribution >= 0.6 is 0 Å². The van der Waals surface area contributed by atoms with Gasteiger partial charge in [0, 0.05) is 6.92 Å². The van der Waals surface area contributed by atoms with Crippen molar-refractivity contribution in [3.8, 4) is 0 Å². The number of aliphatic hydroxyl groups excluding tert-OH is 10. The van der Waals surface area contributed by atoms with Crippen LogP contribution in [0.5, 0.6) is 0 Å². The van der Waals surface area contributed by atoms with Gasteiger partial charge in [-0.3, -0.25) is 4.79 Å². The lowest BCUT2D eigenvalue weighted by atomic mass is 9.94. The van der Waals surface area contributed by atoms with Gasteiger partial charge in [0.25, 0.3) is 0 Å². The molecule has 0 radical (unpaired) electrons. The number of rotatable bonds is 8. The molecule has 3 aliphatic heterocycles. The van der Waals surface area contributed by atoms with Gasteiger partial charge in [-0.15, -0.1) is 0 Å². The Balaban J connectivity index is 1.93. The normalized spacial score (nSPS) is 49.0. The number of carbonyl (C=O) groups is 1. The number of nitrogens with one attached hydrogen (secondary N) is 1. The smallest absolute Gasteiger partial charge is 0.217 e. The van der Waals surface area contributed by atoms with Crippen LogP contribution in [0.15, 0.2) is 0 Å². The first-order valence-electron chi connectivity index (χ1n) is 11.6. The Bertz CT molecular complexity index is 743. The molecular weight excluding hydrogens is 510 g/mol. The highest BCUT2D eigenvalue weighted by Crippen LogP contribution is 2.32. The maximum Gasteiger partial charge on any atom is 0.217 e. The fourth-order valence-electron chi connectivity index (χ4n) is 4.45. The third kappa shape index (κ3) is 6.38. The number of ether oxygens (including phenoxy) is 5. The summed E-state index contributed by atoms with van der Waals surface area (Å²) < 4.78 is 27.5. The monoisotopic (exact) mass is 545 g/mol. The molecule has 0 aromatic carbocycles. The van der Waals surface area contributed by atoms with Gasteiger partial charge in [0.05, 0.1) is 19.8 Å². The van der Waals surface area contributed by atoms with Crippen LogP contribution in [0.4, 0.5) is 0 Å². The highest BCUT2D eigenvalue weighted by Gasteiger charge is 2.54. The molecule has 15 atom stereocenters. The van der Waals surface area contributed by atoms with Crippen LogP contribution in [0.1, 0.15) is 6.92 Å². The predicted molar refractivity (Wildman–Crippen MR) is 113 cm³/mol. The molecule has 17 heteroatoms. The lowest BCUT2D eigenvalue weighted by Gasteiger charge is -2.49. The molecule has 3 heterocycles. The molecule has 0 unspecified atom stereocenters. The average molecular weight is 545 g/mol. The minimum atomic E-state index is -1.89. The van der Waals surface area contributed by atoms with Crippen LogP contribution in [0.25, 0.3) is 0 Å². The summed E-state index contributed by atoms with van der Waals surface area (Å²) in [5, 5.41) is 103. The highest BCUT2D eigenvalue weighted by molar-refractivity contribution is 5.73. The van der Waals surface area contributed by atoms with E-state index in [2.05, 4.69) is 5.32 Å². The zero-order valence-electron chi connectivity index (χ0n) is 19.7. The van der Waals surface area contributed by atoms with Crippen molar-refractivity contribution in [1.29, 1.82) is 0 Å². The number of aliphatic hydroxyl groups is 10. The van der Waals surface area contributed by atoms with Gasteiger partial charge in [0.1, 0.15) is 73.2 Å². The van der Waals surface area contributed by atoms with E-state index in [1.54, 1.807) is 0 Å². The second-order valence-electron chi connectivity index (χ2n) is 9.07. The van der Waals surface area contributed by atoms with Crippen molar-refractivity contribution in [3.63, 3.8) is 0 Å². The van der Waals surface area contributed by atoms with Crippen molar-refractivity contribution < 1.29 is 79.5 Å². The molecule has 0 aromatic rings. The van der Waals surface area contributed by atoms with E-state index in [1.807, 2.05) is 0 Å². The van der Waals surface area contributed by atoms with Crippen LogP contribution in [0, 0.1) is 0 Å². The Morgan fingerprint density at radius 2 is 1.08 bits per heavy atom. The minimum absolute atomic E-state index is 0.677. The van der Waals surface area contributed by atoms with E-state index in [9.17, 15) is 55.9 Å². The van der Waals surface area contributed by atoms with Gasteiger partial charge in [0.15, 0.2) is 18.9 Å². The van der Waals surface area contributed by atoms with Gasteiger partial charge in [-0.05, 0) is 0 Å². The Hall–Kier alpha value is -1.13. The van der Waals surface area contributed by atoms with E-state index in [1.165, 1.54) is 0 Å². The fourth-order valence-corrected chi connectivity index (χ4v) is 4.45. The zero-order valence-corrected chi connectivity index (χ0v) is 19.7. The van der Waals surface area contributed by atoms with Crippen LogP contribution in [-0.2, 0) is 28.5 Å². The molecule has 3 saturated heterocycles. The summed E-state index contributed by atoms with van der Waals surface area (Å²) in [6.45, 7) is -1.27. The molecule has 0 bridgehead atoms. The molecule has 0 aromatic heterocycles. The van der Waals surface area contributed by atoms with Crippen molar-refractivity contribution in [1.82, 2.24) is 5.32 Å². The molecule has 0 saturated carbocycles. The van der Waals surface area contributed by atoms with Gasteiger partial charge < -0.3 is 80.1 Å². The van der Waals surface area contributed by atoms with E-state index in [0.29, 0.717) is 0 Å². The molecule has 3 fully saturated rings. The van der Waals surface area contributed by atoms with E-state index in [4.69, 9.17) is 23.7 Å². The van der Waals surface area contributed by atoms with E-state index < -0.39 is 118 Å². The third-order valence-corrected chi connectivity index (χ3v) is 6.49. The first-order chi connectivity index (χ1) is 17.4. The summed E-state index contributed by atoms with van der Waals surface area (Å²) in [5.74, 6) is -0.677. The van der Waals surface area contributed by atoms with Crippen molar-refractivity contribution in [2.75, 3.05) is 19.8 Å². The first-order valence-corrected chi connectivity index (χ1v) is 11.6. The molecule has 17 nitrogen and oxygen atoms in total. The highest BCUT2D eigenvalue weighted by atomic mass is 16.7. The largest absolute Gasteiger partial charge is 0.394 e. The number of carbonyl (C=O) groups excluding carboxylic acids is 1. The predicted octanol–water partition coefficient (Wildman–Crippen LogP) is -7.43. The zero-order chi connectivity index (χ0) is 27.6. The Kier molecular flexibility index (Phi) is 10.5. The van der Waals surface area contributed by atoms with Gasteiger partial charge in [0.2, 0.25) is 5.91 Å². The van der Waals surface area contributed by atoms with E-state index >= 15 is 0 Å². The van der Waals surface area contributed by atoms with Crippen LogP contribution in [0.2, 0.25) is 0 Å². The van der Waals surface area contributed by atoms with Gasteiger partial charge in [-0.2, -0.15) is 0 Å². The maximum atomic E-state index is 11.9. The lowest BCUT2D eigenvalue weighted by molar-refractivity contribution is -0.372. The summed E-state index contributed by atoms with van der Waals surface area (Å²) >= 11 is 0. The number of hydrogen-bond acceptors (Lipinski definition) is 16. The van der Waals surface area contributed by atoms with Gasteiger partial charge >= 0.3 is 0 Å². The molecular formula is C20H35NO16. The van der Waals surface area contributed by atoms with E-state index in [0.717, 1.165) is 6.92 Å². The molecule has 1 amide bonds. The lowest BCUT2D eigenvalue weighted by Crippen LogP contribution is -2.69. The molecule has 37 heavy (non-hydrogen) atoms. The summed E-state index contributed by atoms with van der Waals surface area (Å²) in [6, 6.07) is -1.47. The topological polar surface area (TPSA) is 278 Å². The molecule has 0 aliphatic carbocycles. The Morgan fingerprint density at radius 1 is 0.649 bits per heavy atom. The van der Waals surface area contributed by atoms with E-state index in [-0.39, 0.29) is 0 Å². The summed E-state index contributed by atoms with van der Waals surface area (Å²) in [4.78, 5) is 11.9. The van der Waals surface area contributed by atoms with Crippen molar-refractivity contribution >= 4 is 5.91 Å². The van der Waals surface area contributed by atoms with Crippen molar-refractivity contribution in [3.05, 3.63) is 0 Å². The van der Waals surface area contributed by atoms with Gasteiger partial charge in [-0.25, -0.2) is 0 Å². The van der Waals surface area contributed by atoms with Crippen LogP contribution in [0.3, 0.4) is 0 Å². The van der Waals surface area contributed by atoms with Crippen LogP contribution in [-0.4, -0.2) is 169 Å². The standard InChI is InChI=1S/C20H35NO16/c1-5(25)21-9-17(37-20-15(31)13(29)11(27)7(3-23)35-20)16(8(4-24)33-18(9)32)36-19-14(30)12(28)10(26)6(2-22)34-19/h6-20,22-24,26-32H,2-4H2,1H3,(H,21,25)/t6-,7-,8-,9-,10-,11-,12+,13+,14-,15-,16+,17-,18+,19-,20+/m1/s1.